The van der Waals surface area contributed by atoms with Crippen molar-refractivity contribution >= 4 is 23.2 Å². The average Bonchev–Trinajstić information content (AvgIpc) is 3.23. The molecule has 2 aromatic rings. The normalized spacial score (nSPS) is 17.5. The van der Waals surface area contributed by atoms with E-state index in [0.717, 1.165) is 24.5 Å². The molecule has 116 valence electrons. The highest BCUT2D eigenvalue weighted by molar-refractivity contribution is 7.13. The number of nitrogens with one attached hydrogen (secondary N) is 1. The van der Waals surface area contributed by atoms with Gasteiger partial charge in [0.05, 0.1) is 12.7 Å². The second kappa shape index (κ2) is 6.29. The highest BCUT2D eigenvalue weighted by atomic mass is 32.1. The maximum atomic E-state index is 12.0. The van der Waals surface area contributed by atoms with Gasteiger partial charge in [-0.2, -0.15) is 0 Å². The molecule has 1 aliphatic heterocycles. The summed E-state index contributed by atoms with van der Waals surface area (Å²) in [6.07, 6.45) is 3.46. The van der Waals surface area contributed by atoms with Crippen LogP contribution in [-0.4, -0.2) is 28.6 Å². The van der Waals surface area contributed by atoms with Crippen molar-refractivity contribution in [2.75, 3.05) is 6.61 Å². The quantitative estimate of drug-likeness (QED) is 0.875. The Bertz CT molecular complexity index is 687. The number of carbonyl (C=O) groups is 2. The molecule has 1 atom stereocenters. The number of nitrogens with zero attached hydrogens (tertiary/aromatic N) is 1. The van der Waals surface area contributed by atoms with Gasteiger partial charge in [-0.05, 0) is 25.0 Å². The lowest BCUT2D eigenvalue weighted by Gasteiger charge is -2.03. The lowest BCUT2D eigenvalue weighted by Crippen LogP contribution is -2.21. The van der Waals surface area contributed by atoms with Crippen LogP contribution >= 0.6 is 11.3 Å². The van der Waals surface area contributed by atoms with Crippen molar-refractivity contribution in [1.82, 2.24) is 10.3 Å². The van der Waals surface area contributed by atoms with Crippen molar-refractivity contribution < 1.29 is 23.8 Å². The zero-order chi connectivity index (χ0) is 15.5. The summed E-state index contributed by atoms with van der Waals surface area (Å²) in [5.74, 6) is -1.17. The smallest absolute Gasteiger partial charge is 0.371 e. The number of aromatic carboxylic acids is 1. The Morgan fingerprint density at radius 3 is 3.00 bits per heavy atom. The Morgan fingerprint density at radius 2 is 2.32 bits per heavy atom. The topological polar surface area (TPSA) is 102 Å². The van der Waals surface area contributed by atoms with E-state index in [0.29, 0.717) is 10.6 Å². The molecular weight excluding hydrogens is 308 g/mol. The first-order valence-electron chi connectivity index (χ1n) is 6.81. The van der Waals surface area contributed by atoms with E-state index in [1.165, 1.54) is 29.7 Å². The van der Waals surface area contributed by atoms with Gasteiger partial charge in [0.1, 0.15) is 21.7 Å². The summed E-state index contributed by atoms with van der Waals surface area (Å²) in [6.45, 7) is 0.857. The summed E-state index contributed by atoms with van der Waals surface area (Å²) in [4.78, 5) is 27.5. The second-order valence-corrected chi connectivity index (χ2v) is 5.88. The average molecular weight is 322 g/mol. The van der Waals surface area contributed by atoms with Crippen LogP contribution in [0, 0.1) is 0 Å². The number of hydrogen-bond acceptors (Lipinski definition) is 6. The zero-order valence-corrected chi connectivity index (χ0v) is 12.4. The second-order valence-electron chi connectivity index (χ2n) is 4.82. The Morgan fingerprint density at radius 1 is 1.45 bits per heavy atom. The van der Waals surface area contributed by atoms with Gasteiger partial charge in [-0.15, -0.1) is 11.3 Å². The van der Waals surface area contributed by atoms with Crippen LogP contribution in [0.25, 0.3) is 0 Å². The van der Waals surface area contributed by atoms with E-state index < -0.39 is 5.97 Å². The van der Waals surface area contributed by atoms with Crippen LogP contribution in [0.4, 0.5) is 0 Å². The molecular formula is C14H14N2O5S. The van der Waals surface area contributed by atoms with Crippen LogP contribution in [0.15, 0.2) is 22.7 Å². The molecule has 0 saturated carbocycles. The van der Waals surface area contributed by atoms with Crippen LogP contribution in [0.3, 0.4) is 0 Å². The van der Waals surface area contributed by atoms with E-state index in [1.54, 1.807) is 0 Å². The molecule has 0 unspecified atom stereocenters. The van der Waals surface area contributed by atoms with Gasteiger partial charge in [0.25, 0.3) is 5.91 Å². The van der Waals surface area contributed by atoms with Crippen LogP contribution in [0.1, 0.15) is 49.9 Å². The molecule has 0 spiro atoms. The Balaban J connectivity index is 1.58. The number of carboxylic acids is 1. The summed E-state index contributed by atoms with van der Waals surface area (Å²) in [5.41, 5.74) is 0. The maximum absolute atomic E-state index is 12.0. The van der Waals surface area contributed by atoms with Crippen LogP contribution in [-0.2, 0) is 11.3 Å². The summed E-state index contributed by atoms with van der Waals surface area (Å²) in [5, 5.41) is 12.2. The lowest BCUT2D eigenvalue weighted by molar-refractivity contribution is 0.0660. The number of furan rings is 1. The molecule has 22 heavy (non-hydrogen) atoms. The lowest BCUT2D eigenvalue weighted by atomic mass is 10.2. The van der Waals surface area contributed by atoms with Crippen molar-refractivity contribution in [2.24, 2.45) is 0 Å². The molecule has 1 fully saturated rings. The van der Waals surface area contributed by atoms with Gasteiger partial charge in [0.2, 0.25) is 5.76 Å². The Kier molecular flexibility index (Phi) is 4.21. The van der Waals surface area contributed by atoms with Crippen LogP contribution < -0.4 is 5.32 Å². The third-order valence-electron chi connectivity index (χ3n) is 3.25. The van der Waals surface area contributed by atoms with E-state index in [4.69, 9.17) is 14.3 Å². The Labute approximate surface area is 129 Å². The van der Waals surface area contributed by atoms with E-state index in [-0.39, 0.29) is 24.3 Å². The van der Waals surface area contributed by atoms with Gasteiger partial charge in [-0.25, -0.2) is 9.78 Å². The van der Waals surface area contributed by atoms with Gasteiger partial charge in [0.15, 0.2) is 0 Å². The molecule has 7 nitrogen and oxygen atoms in total. The summed E-state index contributed by atoms with van der Waals surface area (Å²) >= 11 is 1.31. The number of rotatable bonds is 5. The molecule has 0 aliphatic carbocycles. The van der Waals surface area contributed by atoms with E-state index in [2.05, 4.69) is 10.3 Å². The molecule has 3 heterocycles. The number of hydrogen-bond donors (Lipinski definition) is 2. The van der Waals surface area contributed by atoms with Gasteiger partial charge in [0, 0.05) is 6.61 Å². The molecule has 1 aliphatic rings. The molecule has 0 aromatic carbocycles. The number of carboxylic acid groups (broad SMARTS) is 1. The van der Waals surface area contributed by atoms with Crippen molar-refractivity contribution in [3.8, 4) is 0 Å². The number of ether oxygens (including phenoxy) is 1. The highest BCUT2D eigenvalue weighted by Gasteiger charge is 2.22. The van der Waals surface area contributed by atoms with Gasteiger partial charge < -0.3 is 19.6 Å². The van der Waals surface area contributed by atoms with Crippen molar-refractivity contribution in [2.45, 2.75) is 25.5 Å². The monoisotopic (exact) mass is 322 g/mol. The number of thiazole rings is 1. The molecule has 1 amide bonds. The number of aromatic nitrogens is 1. The third-order valence-corrected chi connectivity index (χ3v) is 4.34. The van der Waals surface area contributed by atoms with E-state index in [1.807, 2.05) is 0 Å². The first-order chi connectivity index (χ1) is 10.6. The predicted molar refractivity (Wildman–Crippen MR) is 76.9 cm³/mol. The third kappa shape index (κ3) is 3.18. The fraction of sp³-hybridized carbons (Fsp3) is 0.357. The molecule has 0 radical (unpaired) electrons. The van der Waals surface area contributed by atoms with E-state index in [9.17, 15) is 9.59 Å². The van der Waals surface area contributed by atoms with Crippen LogP contribution in [0.5, 0.6) is 0 Å². The predicted octanol–water partition coefficient (Wildman–Crippen LogP) is 2.22. The molecule has 2 aromatic heterocycles. The fourth-order valence-electron chi connectivity index (χ4n) is 2.16. The first kappa shape index (κ1) is 14.7. The van der Waals surface area contributed by atoms with Crippen molar-refractivity contribution in [1.29, 1.82) is 0 Å². The Hall–Kier alpha value is -2.19. The maximum Gasteiger partial charge on any atom is 0.371 e. The van der Waals surface area contributed by atoms with Gasteiger partial charge >= 0.3 is 5.97 Å². The molecule has 8 heteroatoms. The van der Waals surface area contributed by atoms with E-state index >= 15 is 0 Å². The summed E-state index contributed by atoms with van der Waals surface area (Å²) in [6, 6.07) is 2.88. The minimum Gasteiger partial charge on any atom is -0.475 e. The molecule has 2 N–H and O–H groups in total. The fourth-order valence-corrected chi connectivity index (χ4v) is 3.07. The highest BCUT2D eigenvalue weighted by Crippen LogP contribution is 2.31. The SMILES string of the molecule is O=C(O)c1ccc(CNC(=O)c2cnc([C@H]3CCCO3)s2)o1. The van der Waals surface area contributed by atoms with Gasteiger partial charge in [-0.1, -0.05) is 0 Å². The standard InChI is InChI=1S/C14H14N2O5S/c17-12(15-6-8-3-4-10(21-8)14(18)19)11-7-16-13(22-11)9-2-1-5-20-9/h3-4,7,9H,1-2,5-6H2,(H,15,17)(H,18,19)/t9-/m1/s1. The first-order valence-corrected chi connectivity index (χ1v) is 7.62. The zero-order valence-electron chi connectivity index (χ0n) is 11.6. The largest absolute Gasteiger partial charge is 0.475 e. The number of carbonyl (C=O) groups excluding carboxylic acids is 1. The summed E-state index contributed by atoms with van der Waals surface area (Å²) in [7, 11) is 0. The minimum absolute atomic E-state index is 0.00486. The molecule has 0 bridgehead atoms. The summed E-state index contributed by atoms with van der Waals surface area (Å²) < 4.78 is 10.6. The number of amides is 1. The molecule has 3 rings (SSSR count). The van der Waals surface area contributed by atoms with Crippen molar-refractivity contribution in [3.63, 3.8) is 0 Å². The minimum atomic E-state index is -1.14. The van der Waals surface area contributed by atoms with Crippen molar-refractivity contribution in [3.05, 3.63) is 39.7 Å². The van der Waals surface area contributed by atoms with Gasteiger partial charge in [-0.3, -0.25) is 4.79 Å². The molecule has 1 saturated heterocycles. The van der Waals surface area contributed by atoms with Crippen LogP contribution in [0.2, 0.25) is 0 Å².